The summed E-state index contributed by atoms with van der Waals surface area (Å²) in [5.41, 5.74) is 9.48. The van der Waals surface area contributed by atoms with Gasteiger partial charge in [0.2, 0.25) is 0 Å². The van der Waals surface area contributed by atoms with E-state index in [9.17, 15) is 18.5 Å². The molecule has 10 heteroatoms. The van der Waals surface area contributed by atoms with Gasteiger partial charge in [-0.1, -0.05) is 35.9 Å². The molecule has 3 aromatic carbocycles. The number of rotatable bonds is 6. The van der Waals surface area contributed by atoms with Crippen molar-refractivity contribution in [3.8, 4) is 16.9 Å². The molecule has 3 N–H and O–H groups in total. The SMILES string of the molecule is Cc1ccc(-n2nc(-c3ccc(NS(=O)(=O)c4cccc([N+](=O)[O-])c4)cc3)cc2N)cc1. The lowest BCUT2D eigenvalue weighted by molar-refractivity contribution is -0.385. The molecule has 0 atom stereocenters. The van der Waals surface area contributed by atoms with Gasteiger partial charge in [0.1, 0.15) is 5.82 Å². The standard InChI is InChI=1S/C22H19N5O4S/c1-15-5-11-18(12-6-15)26-22(23)14-21(24-26)16-7-9-17(10-8-16)25-32(30,31)20-4-2-3-19(13-20)27(28)29/h2-14,25H,23H2,1H3. The molecule has 1 heterocycles. The second kappa shape index (κ2) is 8.16. The van der Waals surface area contributed by atoms with Crippen molar-refractivity contribution < 1.29 is 13.3 Å². The zero-order chi connectivity index (χ0) is 22.9. The van der Waals surface area contributed by atoms with Crippen LogP contribution in [0.25, 0.3) is 16.9 Å². The highest BCUT2D eigenvalue weighted by molar-refractivity contribution is 7.92. The van der Waals surface area contributed by atoms with Crippen LogP contribution in [0.15, 0.2) is 83.8 Å². The van der Waals surface area contributed by atoms with Crippen molar-refractivity contribution in [3.63, 3.8) is 0 Å². The molecule has 0 bridgehead atoms. The Morgan fingerprint density at radius 1 is 1.00 bits per heavy atom. The molecule has 1 aromatic heterocycles. The van der Waals surface area contributed by atoms with Crippen LogP contribution in [0, 0.1) is 17.0 Å². The minimum atomic E-state index is -3.98. The number of aromatic nitrogens is 2. The largest absolute Gasteiger partial charge is 0.384 e. The zero-order valence-electron chi connectivity index (χ0n) is 17.0. The molecule has 0 aliphatic carbocycles. The summed E-state index contributed by atoms with van der Waals surface area (Å²) in [6, 6.07) is 21.0. The molecule has 4 aromatic rings. The van der Waals surface area contributed by atoms with Crippen LogP contribution in [0.2, 0.25) is 0 Å². The Balaban J connectivity index is 1.56. The Hall–Kier alpha value is -4.18. The Kier molecular flexibility index (Phi) is 5.37. The normalized spacial score (nSPS) is 11.3. The molecule has 0 saturated carbocycles. The first-order valence-corrected chi connectivity index (χ1v) is 11.0. The second-order valence-electron chi connectivity index (χ2n) is 7.14. The first kappa shape index (κ1) is 21.1. The number of nitrogens with zero attached hydrogens (tertiary/aromatic N) is 3. The van der Waals surface area contributed by atoms with E-state index in [0.29, 0.717) is 17.2 Å². The maximum atomic E-state index is 12.6. The van der Waals surface area contributed by atoms with Crippen molar-refractivity contribution in [2.24, 2.45) is 0 Å². The summed E-state index contributed by atoms with van der Waals surface area (Å²) in [5, 5.41) is 15.5. The highest BCUT2D eigenvalue weighted by Gasteiger charge is 2.18. The number of sulfonamides is 1. The number of aryl methyl sites for hydroxylation is 1. The molecule has 32 heavy (non-hydrogen) atoms. The first-order chi connectivity index (χ1) is 15.2. The van der Waals surface area contributed by atoms with Crippen LogP contribution in [0.1, 0.15) is 5.56 Å². The van der Waals surface area contributed by atoms with E-state index in [1.54, 1.807) is 35.0 Å². The summed E-state index contributed by atoms with van der Waals surface area (Å²) in [7, 11) is -3.98. The van der Waals surface area contributed by atoms with Gasteiger partial charge in [0.15, 0.2) is 0 Å². The number of nitro groups is 1. The zero-order valence-corrected chi connectivity index (χ0v) is 17.8. The minimum absolute atomic E-state index is 0.194. The fourth-order valence-electron chi connectivity index (χ4n) is 3.12. The van der Waals surface area contributed by atoms with Crippen LogP contribution in [-0.2, 0) is 10.0 Å². The van der Waals surface area contributed by atoms with Crippen molar-refractivity contribution >= 4 is 27.2 Å². The van der Waals surface area contributed by atoms with Crippen molar-refractivity contribution in [1.82, 2.24) is 9.78 Å². The Labute approximate surface area is 184 Å². The fourth-order valence-corrected chi connectivity index (χ4v) is 4.21. The van der Waals surface area contributed by atoms with Gasteiger partial charge in [0, 0.05) is 29.4 Å². The number of non-ortho nitro benzene ring substituents is 1. The van der Waals surface area contributed by atoms with Crippen molar-refractivity contribution in [2.75, 3.05) is 10.5 Å². The number of anilines is 2. The molecule has 0 aliphatic rings. The number of nitro benzene ring substituents is 1. The molecule has 0 radical (unpaired) electrons. The predicted molar refractivity (Wildman–Crippen MR) is 122 cm³/mol. The molecular weight excluding hydrogens is 430 g/mol. The van der Waals surface area contributed by atoms with E-state index in [0.717, 1.165) is 22.9 Å². The molecule has 0 spiro atoms. The van der Waals surface area contributed by atoms with Crippen molar-refractivity contribution in [2.45, 2.75) is 11.8 Å². The van der Waals surface area contributed by atoms with Gasteiger partial charge in [-0.2, -0.15) is 5.10 Å². The van der Waals surface area contributed by atoms with Crippen LogP contribution in [0.5, 0.6) is 0 Å². The van der Waals surface area contributed by atoms with E-state index in [-0.39, 0.29) is 10.6 Å². The third-order valence-electron chi connectivity index (χ3n) is 4.79. The maximum Gasteiger partial charge on any atom is 0.270 e. The van der Waals surface area contributed by atoms with Crippen LogP contribution in [0.4, 0.5) is 17.2 Å². The summed E-state index contributed by atoms with van der Waals surface area (Å²) in [4.78, 5) is 10.1. The summed E-state index contributed by atoms with van der Waals surface area (Å²) in [5.74, 6) is 0.472. The lowest BCUT2D eigenvalue weighted by Crippen LogP contribution is -2.13. The molecule has 0 unspecified atom stereocenters. The van der Waals surface area contributed by atoms with Crippen LogP contribution >= 0.6 is 0 Å². The van der Waals surface area contributed by atoms with E-state index < -0.39 is 14.9 Å². The van der Waals surface area contributed by atoms with Gasteiger partial charge in [0.25, 0.3) is 15.7 Å². The van der Waals surface area contributed by atoms with Gasteiger partial charge in [0.05, 0.1) is 21.2 Å². The molecule has 0 fully saturated rings. The summed E-state index contributed by atoms with van der Waals surface area (Å²) < 4.78 is 29.2. The molecule has 0 amide bonds. The third kappa shape index (κ3) is 4.30. The van der Waals surface area contributed by atoms with Gasteiger partial charge >= 0.3 is 0 Å². The topological polar surface area (TPSA) is 133 Å². The highest BCUT2D eigenvalue weighted by atomic mass is 32.2. The predicted octanol–water partition coefficient (Wildman–Crippen LogP) is 4.14. The Morgan fingerprint density at radius 3 is 2.34 bits per heavy atom. The van der Waals surface area contributed by atoms with Crippen molar-refractivity contribution in [1.29, 1.82) is 0 Å². The Bertz CT molecular complexity index is 1400. The quantitative estimate of drug-likeness (QED) is 0.336. The lowest BCUT2D eigenvalue weighted by atomic mass is 10.1. The number of nitrogens with two attached hydrogens (primary N) is 1. The summed E-state index contributed by atoms with van der Waals surface area (Å²) in [6.07, 6.45) is 0. The van der Waals surface area contributed by atoms with Gasteiger partial charge < -0.3 is 5.73 Å². The first-order valence-electron chi connectivity index (χ1n) is 9.53. The smallest absolute Gasteiger partial charge is 0.270 e. The summed E-state index contributed by atoms with van der Waals surface area (Å²) in [6.45, 7) is 2.00. The number of hydrogen-bond donors (Lipinski definition) is 2. The van der Waals surface area contributed by atoms with Gasteiger partial charge in [-0.25, -0.2) is 13.1 Å². The minimum Gasteiger partial charge on any atom is -0.384 e. The van der Waals surface area contributed by atoms with Crippen LogP contribution in [0.3, 0.4) is 0 Å². The van der Waals surface area contributed by atoms with Gasteiger partial charge in [-0.15, -0.1) is 0 Å². The third-order valence-corrected chi connectivity index (χ3v) is 6.17. The molecule has 0 aliphatic heterocycles. The van der Waals surface area contributed by atoms with Gasteiger partial charge in [-0.05, 0) is 37.3 Å². The lowest BCUT2D eigenvalue weighted by Gasteiger charge is -2.08. The molecule has 162 valence electrons. The molecule has 4 rings (SSSR count). The maximum absolute atomic E-state index is 12.6. The van der Waals surface area contributed by atoms with Crippen LogP contribution in [-0.4, -0.2) is 23.1 Å². The number of nitrogen functional groups attached to an aromatic ring is 1. The van der Waals surface area contributed by atoms with E-state index in [1.807, 2.05) is 31.2 Å². The number of nitrogens with one attached hydrogen (secondary N) is 1. The molecular formula is C22H19N5O4S. The monoisotopic (exact) mass is 449 g/mol. The average Bonchev–Trinajstić information content (AvgIpc) is 3.16. The Morgan fingerprint density at radius 2 is 1.69 bits per heavy atom. The van der Waals surface area contributed by atoms with E-state index in [1.165, 1.54) is 18.2 Å². The average molecular weight is 449 g/mol. The van der Waals surface area contributed by atoms with Crippen molar-refractivity contribution in [3.05, 3.63) is 94.5 Å². The number of benzene rings is 3. The second-order valence-corrected chi connectivity index (χ2v) is 8.82. The van der Waals surface area contributed by atoms with E-state index in [2.05, 4.69) is 9.82 Å². The van der Waals surface area contributed by atoms with E-state index >= 15 is 0 Å². The number of hydrogen-bond acceptors (Lipinski definition) is 6. The fraction of sp³-hybridized carbons (Fsp3) is 0.0455. The highest BCUT2D eigenvalue weighted by Crippen LogP contribution is 2.26. The van der Waals surface area contributed by atoms with Crippen LogP contribution < -0.4 is 10.5 Å². The summed E-state index contributed by atoms with van der Waals surface area (Å²) >= 11 is 0. The molecule has 0 saturated heterocycles. The van der Waals surface area contributed by atoms with E-state index in [4.69, 9.17) is 5.73 Å². The molecule has 9 nitrogen and oxygen atoms in total. The van der Waals surface area contributed by atoms with Gasteiger partial charge in [-0.3, -0.25) is 14.8 Å².